The Morgan fingerprint density at radius 1 is 1.30 bits per heavy atom. The van der Waals surface area contributed by atoms with Crippen molar-refractivity contribution in [2.24, 2.45) is 5.92 Å². The van der Waals surface area contributed by atoms with Crippen LogP contribution in [0.5, 0.6) is 5.75 Å². The zero-order valence-corrected chi connectivity index (χ0v) is 13.1. The molecule has 1 aromatic rings. The highest BCUT2D eigenvalue weighted by molar-refractivity contribution is 5.77. The lowest BCUT2D eigenvalue weighted by Crippen LogP contribution is -2.32. The molecule has 0 saturated heterocycles. The van der Waals surface area contributed by atoms with Gasteiger partial charge in [0, 0.05) is 18.2 Å². The molecule has 20 heavy (non-hydrogen) atoms. The predicted molar refractivity (Wildman–Crippen MR) is 82.0 cm³/mol. The Balaban J connectivity index is 2.65. The van der Waals surface area contributed by atoms with Gasteiger partial charge in [-0.25, -0.2) is 0 Å². The van der Waals surface area contributed by atoms with E-state index >= 15 is 0 Å². The normalized spacial score (nSPS) is 12.3. The van der Waals surface area contributed by atoms with E-state index in [1.165, 1.54) is 5.56 Å². The third-order valence-electron chi connectivity index (χ3n) is 3.13. The summed E-state index contributed by atoms with van der Waals surface area (Å²) in [7, 11) is 1.91. The number of ether oxygens (including phenoxy) is 1. The average Bonchev–Trinajstić information content (AvgIpc) is 2.42. The third-order valence-corrected chi connectivity index (χ3v) is 3.13. The molecule has 1 atom stereocenters. The lowest BCUT2D eigenvalue weighted by Gasteiger charge is -2.17. The van der Waals surface area contributed by atoms with Crippen molar-refractivity contribution >= 4 is 5.91 Å². The summed E-state index contributed by atoms with van der Waals surface area (Å²) >= 11 is 0. The summed E-state index contributed by atoms with van der Waals surface area (Å²) in [6.07, 6.45) is 0. The van der Waals surface area contributed by atoms with Gasteiger partial charge in [0.05, 0.1) is 0 Å². The fourth-order valence-electron chi connectivity index (χ4n) is 1.81. The first kappa shape index (κ1) is 16.5. The first-order valence-electron chi connectivity index (χ1n) is 7.11. The Bertz CT molecular complexity index is 444. The van der Waals surface area contributed by atoms with Crippen LogP contribution >= 0.6 is 0 Å². The van der Waals surface area contributed by atoms with Gasteiger partial charge in [-0.2, -0.15) is 0 Å². The Hall–Kier alpha value is -1.55. The molecule has 1 rings (SSSR count). The van der Waals surface area contributed by atoms with Gasteiger partial charge in [-0.3, -0.25) is 4.79 Å². The molecule has 1 amide bonds. The van der Waals surface area contributed by atoms with Crippen molar-refractivity contribution in [3.8, 4) is 5.75 Å². The minimum absolute atomic E-state index is 0.0548. The first-order valence-corrected chi connectivity index (χ1v) is 7.11. The van der Waals surface area contributed by atoms with Gasteiger partial charge in [0.1, 0.15) is 5.75 Å². The second-order valence-electron chi connectivity index (χ2n) is 5.54. The second kappa shape index (κ2) is 7.90. The van der Waals surface area contributed by atoms with Crippen LogP contribution in [0, 0.1) is 12.8 Å². The van der Waals surface area contributed by atoms with Gasteiger partial charge in [-0.05, 0) is 32.9 Å². The van der Waals surface area contributed by atoms with E-state index in [9.17, 15) is 4.79 Å². The van der Waals surface area contributed by atoms with E-state index in [-0.39, 0.29) is 18.6 Å². The molecule has 4 nitrogen and oxygen atoms in total. The van der Waals surface area contributed by atoms with E-state index in [2.05, 4.69) is 37.5 Å². The van der Waals surface area contributed by atoms with Crippen molar-refractivity contribution in [3.63, 3.8) is 0 Å². The number of hydrogen-bond acceptors (Lipinski definition) is 3. The van der Waals surface area contributed by atoms with E-state index in [1.54, 1.807) is 0 Å². The summed E-state index contributed by atoms with van der Waals surface area (Å²) in [6, 6.07) is 6.19. The molecule has 0 fully saturated rings. The molecule has 0 spiro atoms. The maximum atomic E-state index is 11.7. The molecule has 0 aliphatic rings. The van der Waals surface area contributed by atoms with Crippen molar-refractivity contribution in [2.45, 2.75) is 33.7 Å². The maximum Gasteiger partial charge on any atom is 0.257 e. The van der Waals surface area contributed by atoms with Gasteiger partial charge >= 0.3 is 0 Å². The second-order valence-corrected chi connectivity index (χ2v) is 5.54. The van der Waals surface area contributed by atoms with Crippen LogP contribution < -0.4 is 15.4 Å². The van der Waals surface area contributed by atoms with Gasteiger partial charge in [0.15, 0.2) is 6.61 Å². The number of carbonyl (C=O) groups is 1. The molecule has 0 heterocycles. The summed E-state index contributed by atoms with van der Waals surface area (Å²) < 4.78 is 5.66. The highest BCUT2D eigenvalue weighted by Gasteiger charge is 2.12. The van der Waals surface area contributed by atoms with Gasteiger partial charge < -0.3 is 15.4 Å². The molecule has 0 radical (unpaired) electrons. The molecule has 112 valence electrons. The molecule has 2 N–H and O–H groups in total. The molecule has 0 saturated carbocycles. The summed E-state index contributed by atoms with van der Waals surface area (Å²) in [5, 5.41) is 6.04. The zero-order valence-electron chi connectivity index (χ0n) is 13.1. The van der Waals surface area contributed by atoms with Crippen LogP contribution in [-0.2, 0) is 4.79 Å². The van der Waals surface area contributed by atoms with Gasteiger partial charge in [0.25, 0.3) is 5.91 Å². The van der Waals surface area contributed by atoms with Crippen molar-refractivity contribution in [1.29, 1.82) is 0 Å². The van der Waals surface area contributed by atoms with Gasteiger partial charge in [0.2, 0.25) is 0 Å². The SMILES string of the molecule is CNC(C)c1cc(C)ccc1OCC(=O)NCC(C)C. The number of benzene rings is 1. The van der Waals surface area contributed by atoms with Crippen LogP contribution in [0.25, 0.3) is 0 Å². The van der Waals surface area contributed by atoms with Crippen LogP contribution in [0.15, 0.2) is 18.2 Å². The van der Waals surface area contributed by atoms with Crippen LogP contribution in [0.2, 0.25) is 0 Å². The summed E-state index contributed by atoms with van der Waals surface area (Å²) in [4.78, 5) is 11.7. The van der Waals surface area contributed by atoms with Gasteiger partial charge in [-0.1, -0.05) is 31.5 Å². The Morgan fingerprint density at radius 2 is 2.00 bits per heavy atom. The van der Waals surface area contributed by atoms with Crippen LogP contribution in [0.1, 0.15) is 37.9 Å². The molecule has 1 aromatic carbocycles. The smallest absolute Gasteiger partial charge is 0.257 e. The predicted octanol–water partition coefficient (Wildman–Crippen LogP) is 2.43. The van der Waals surface area contributed by atoms with E-state index < -0.39 is 0 Å². The quantitative estimate of drug-likeness (QED) is 0.805. The van der Waals surface area contributed by atoms with E-state index in [0.29, 0.717) is 12.5 Å². The molecule has 0 bridgehead atoms. The highest BCUT2D eigenvalue weighted by Crippen LogP contribution is 2.26. The standard InChI is InChI=1S/C16H26N2O2/c1-11(2)9-18-16(19)10-20-15-7-6-12(3)8-14(15)13(4)17-5/h6-8,11,13,17H,9-10H2,1-5H3,(H,18,19). The van der Waals surface area contributed by atoms with Gasteiger partial charge in [-0.15, -0.1) is 0 Å². The number of hydrogen-bond donors (Lipinski definition) is 2. The molecular weight excluding hydrogens is 252 g/mol. The monoisotopic (exact) mass is 278 g/mol. The van der Waals surface area contributed by atoms with Crippen LogP contribution in [-0.4, -0.2) is 26.1 Å². The molecule has 0 aliphatic heterocycles. The topological polar surface area (TPSA) is 50.4 Å². The van der Waals surface area contributed by atoms with Crippen molar-refractivity contribution in [3.05, 3.63) is 29.3 Å². The Morgan fingerprint density at radius 3 is 2.60 bits per heavy atom. The molecule has 1 unspecified atom stereocenters. The Kier molecular flexibility index (Phi) is 6.52. The Labute approximate surface area is 121 Å². The minimum atomic E-state index is -0.0812. The highest BCUT2D eigenvalue weighted by atomic mass is 16.5. The van der Waals surface area contributed by atoms with Crippen molar-refractivity contribution in [2.75, 3.05) is 20.2 Å². The number of rotatable bonds is 7. The van der Waals surface area contributed by atoms with E-state index in [1.807, 2.05) is 26.1 Å². The largest absolute Gasteiger partial charge is 0.483 e. The number of nitrogens with one attached hydrogen (secondary N) is 2. The number of aryl methyl sites for hydroxylation is 1. The number of carbonyl (C=O) groups excluding carboxylic acids is 1. The fraction of sp³-hybridized carbons (Fsp3) is 0.562. The lowest BCUT2D eigenvalue weighted by molar-refractivity contribution is -0.123. The number of amides is 1. The van der Waals surface area contributed by atoms with Crippen molar-refractivity contribution < 1.29 is 9.53 Å². The molecule has 0 aromatic heterocycles. The molecular formula is C16H26N2O2. The summed E-state index contributed by atoms with van der Waals surface area (Å²) in [6.45, 7) is 8.97. The third kappa shape index (κ3) is 5.21. The van der Waals surface area contributed by atoms with Crippen LogP contribution in [0.3, 0.4) is 0 Å². The zero-order chi connectivity index (χ0) is 15.1. The van der Waals surface area contributed by atoms with E-state index in [0.717, 1.165) is 11.3 Å². The average molecular weight is 278 g/mol. The van der Waals surface area contributed by atoms with Crippen LogP contribution in [0.4, 0.5) is 0 Å². The summed E-state index contributed by atoms with van der Waals surface area (Å²) in [5.41, 5.74) is 2.25. The lowest BCUT2D eigenvalue weighted by atomic mass is 10.0. The first-order chi connectivity index (χ1) is 9.43. The van der Waals surface area contributed by atoms with Crippen molar-refractivity contribution in [1.82, 2.24) is 10.6 Å². The van der Waals surface area contributed by atoms with E-state index in [4.69, 9.17) is 4.74 Å². The molecule has 4 heteroatoms. The molecule has 0 aliphatic carbocycles. The minimum Gasteiger partial charge on any atom is -0.483 e. The maximum absolute atomic E-state index is 11.7. The fourth-order valence-corrected chi connectivity index (χ4v) is 1.81. The summed E-state index contributed by atoms with van der Waals surface area (Å²) in [5.74, 6) is 1.12.